The number of hydrogen-bond acceptors (Lipinski definition) is 2. The van der Waals surface area contributed by atoms with Gasteiger partial charge in [-0.05, 0) is 0 Å². The Balaban J connectivity index is 2.42. The van der Waals surface area contributed by atoms with Gasteiger partial charge in [-0.2, -0.15) is 0 Å². The summed E-state index contributed by atoms with van der Waals surface area (Å²) in [5.74, 6) is 0.360. The SMILES string of the molecule is CC(=O)OC1C(C)C1(C)C. The first-order valence-corrected chi connectivity index (χ1v) is 3.63. The molecule has 0 heterocycles. The lowest BCUT2D eigenvalue weighted by atomic mass is 10.1. The van der Waals surface area contributed by atoms with Gasteiger partial charge < -0.3 is 4.74 Å². The summed E-state index contributed by atoms with van der Waals surface area (Å²) in [5, 5.41) is 0. The minimum atomic E-state index is -0.164. The van der Waals surface area contributed by atoms with Crippen molar-refractivity contribution < 1.29 is 9.53 Å². The molecule has 1 saturated carbocycles. The highest BCUT2D eigenvalue weighted by molar-refractivity contribution is 5.66. The van der Waals surface area contributed by atoms with Crippen LogP contribution in [0.25, 0.3) is 0 Å². The summed E-state index contributed by atoms with van der Waals surface area (Å²) in [6.07, 6.45) is 0.157. The van der Waals surface area contributed by atoms with Crippen molar-refractivity contribution in [3.05, 3.63) is 0 Å². The maximum absolute atomic E-state index is 10.5. The number of hydrogen-bond donors (Lipinski definition) is 0. The van der Waals surface area contributed by atoms with Crippen LogP contribution in [0.3, 0.4) is 0 Å². The van der Waals surface area contributed by atoms with Gasteiger partial charge in [-0.3, -0.25) is 4.79 Å². The lowest BCUT2D eigenvalue weighted by Crippen LogP contribution is -2.06. The van der Waals surface area contributed by atoms with Crippen molar-refractivity contribution in [2.45, 2.75) is 33.8 Å². The van der Waals surface area contributed by atoms with Gasteiger partial charge in [0.1, 0.15) is 6.10 Å². The number of carbonyl (C=O) groups is 1. The van der Waals surface area contributed by atoms with E-state index in [9.17, 15) is 4.79 Å². The maximum Gasteiger partial charge on any atom is 0.302 e. The lowest BCUT2D eigenvalue weighted by molar-refractivity contribution is -0.143. The Morgan fingerprint density at radius 1 is 1.50 bits per heavy atom. The molecule has 0 aromatic heterocycles. The van der Waals surface area contributed by atoms with E-state index in [1.165, 1.54) is 6.92 Å². The summed E-state index contributed by atoms with van der Waals surface area (Å²) in [4.78, 5) is 10.5. The summed E-state index contributed by atoms with van der Waals surface area (Å²) >= 11 is 0. The monoisotopic (exact) mass is 142 g/mol. The second-order valence-electron chi connectivity index (χ2n) is 3.64. The average Bonchev–Trinajstić information content (AvgIpc) is 2.17. The highest BCUT2D eigenvalue weighted by Gasteiger charge is 2.57. The number of rotatable bonds is 1. The Hall–Kier alpha value is -0.530. The Morgan fingerprint density at radius 3 is 2.00 bits per heavy atom. The minimum Gasteiger partial charge on any atom is -0.462 e. The molecule has 1 rings (SSSR count). The second kappa shape index (κ2) is 1.97. The first kappa shape index (κ1) is 7.58. The first-order valence-electron chi connectivity index (χ1n) is 3.63. The van der Waals surface area contributed by atoms with Crippen molar-refractivity contribution in [1.82, 2.24) is 0 Å². The van der Waals surface area contributed by atoms with Gasteiger partial charge >= 0.3 is 5.97 Å². The molecule has 2 atom stereocenters. The van der Waals surface area contributed by atoms with E-state index >= 15 is 0 Å². The summed E-state index contributed by atoms with van der Waals surface area (Å²) in [6, 6.07) is 0. The normalized spacial score (nSPS) is 35.2. The molecule has 0 amide bonds. The van der Waals surface area contributed by atoms with Crippen LogP contribution in [0.5, 0.6) is 0 Å². The average molecular weight is 142 g/mol. The molecule has 2 unspecified atom stereocenters. The molecule has 2 heteroatoms. The predicted molar refractivity (Wildman–Crippen MR) is 38.5 cm³/mol. The molecule has 0 aliphatic heterocycles. The van der Waals surface area contributed by atoms with E-state index in [0.717, 1.165) is 0 Å². The van der Waals surface area contributed by atoms with Gasteiger partial charge in [-0.15, -0.1) is 0 Å². The van der Waals surface area contributed by atoms with Crippen LogP contribution in [0, 0.1) is 11.3 Å². The number of carbonyl (C=O) groups excluding carboxylic acids is 1. The fraction of sp³-hybridized carbons (Fsp3) is 0.875. The van der Waals surface area contributed by atoms with Crippen LogP contribution in [-0.4, -0.2) is 12.1 Å². The molecular formula is C8H14O2. The topological polar surface area (TPSA) is 26.3 Å². The molecule has 1 fully saturated rings. The van der Waals surface area contributed by atoms with Crippen molar-refractivity contribution in [1.29, 1.82) is 0 Å². The molecule has 0 N–H and O–H groups in total. The van der Waals surface area contributed by atoms with E-state index in [1.807, 2.05) is 0 Å². The van der Waals surface area contributed by atoms with Crippen LogP contribution in [0.15, 0.2) is 0 Å². The maximum atomic E-state index is 10.5. The summed E-state index contributed by atoms with van der Waals surface area (Å²) in [5.41, 5.74) is 0.214. The molecule has 10 heavy (non-hydrogen) atoms. The van der Waals surface area contributed by atoms with Crippen LogP contribution in [0.1, 0.15) is 27.7 Å². The van der Waals surface area contributed by atoms with Gasteiger partial charge in [0.15, 0.2) is 0 Å². The Labute approximate surface area is 61.6 Å². The van der Waals surface area contributed by atoms with Crippen molar-refractivity contribution in [2.24, 2.45) is 11.3 Å². The molecule has 1 aliphatic carbocycles. The molecule has 0 saturated heterocycles. The zero-order valence-electron chi connectivity index (χ0n) is 6.97. The quantitative estimate of drug-likeness (QED) is 0.520. The molecule has 0 aromatic carbocycles. The number of esters is 1. The van der Waals surface area contributed by atoms with Crippen LogP contribution in [0.4, 0.5) is 0 Å². The molecule has 0 aromatic rings. The third kappa shape index (κ3) is 1.02. The van der Waals surface area contributed by atoms with Crippen molar-refractivity contribution in [3.63, 3.8) is 0 Å². The van der Waals surface area contributed by atoms with E-state index in [2.05, 4.69) is 20.8 Å². The van der Waals surface area contributed by atoms with Crippen molar-refractivity contribution in [2.75, 3.05) is 0 Å². The highest BCUT2D eigenvalue weighted by Crippen LogP contribution is 2.53. The van der Waals surface area contributed by atoms with Crippen LogP contribution < -0.4 is 0 Å². The number of ether oxygens (including phenoxy) is 1. The smallest absolute Gasteiger partial charge is 0.302 e. The summed E-state index contributed by atoms with van der Waals surface area (Å²) < 4.78 is 5.05. The molecule has 0 spiro atoms. The third-order valence-electron chi connectivity index (χ3n) is 2.54. The molecule has 58 valence electrons. The zero-order chi connectivity index (χ0) is 7.94. The Bertz CT molecular complexity index is 161. The van der Waals surface area contributed by atoms with Crippen molar-refractivity contribution >= 4 is 5.97 Å². The van der Waals surface area contributed by atoms with Gasteiger partial charge in [-0.1, -0.05) is 20.8 Å². The largest absolute Gasteiger partial charge is 0.462 e. The van der Waals surface area contributed by atoms with Crippen LogP contribution in [-0.2, 0) is 9.53 Å². The zero-order valence-corrected chi connectivity index (χ0v) is 6.97. The van der Waals surface area contributed by atoms with Gasteiger partial charge in [0.05, 0.1) is 0 Å². The van der Waals surface area contributed by atoms with Crippen LogP contribution in [0.2, 0.25) is 0 Å². The molecule has 0 bridgehead atoms. The van der Waals surface area contributed by atoms with Gasteiger partial charge in [0, 0.05) is 18.3 Å². The van der Waals surface area contributed by atoms with E-state index in [1.54, 1.807) is 0 Å². The van der Waals surface area contributed by atoms with Gasteiger partial charge in [0.2, 0.25) is 0 Å². The first-order chi connectivity index (χ1) is 4.46. The highest BCUT2D eigenvalue weighted by atomic mass is 16.5. The van der Waals surface area contributed by atoms with E-state index in [-0.39, 0.29) is 17.5 Å². The Kier molecular flexibility index (Phi) is 1.50. The summed E-state index contributed by atoms with van der Waals surface area (Å²) in [6.45, 7) is 7.80. The van der Waals surface area contributed by atoms with Gasteiger partial charge in [0.25, 0.3) is 0 Å². The van der Waals surface area contributed by atoms with E-state index < -0.39 is 0 Å². The second-order valence-corrected chi connectivity index (χ2v) is 3.64. The molecule has 0 radical (unpaired) electrons. The Morgan fingerprint density at radius 2 is 1.90 bits per heavy atom. The van der Waals surface area contributed by atoms with E-state index in [0.29, 0.717) is 5.92 Å². The standard InChI is InChI=1S/C8H14O2/c1-5-7(8(5,3)4)10-6(2)9/h5,7H,1-4H3. The fourth-order valence-electron chi connectivity index (χ4n) is 1.27. The fourth-order valence-corrected chi connectivity index (χ4v) is 1.27. The predicted octanol–water partition coefficient (Wildman–Crippen LogP) is 1.59. The van der Waals surface area contributed by atoms with Gasteiger partial charge in [-0.25, -0.2) is 0 Å². The van der Waals surface area contributed by atoms with E-state index in [4.69, 9.17) is 4.74 Å². The molecule has 1 aliphatic rings. The molecular weight excluding hydrogens is 128 g/mol. The molecule has 2 nitrogen and oxygen atoms in total. The van der Waals surface area contributed by atoms with Crippen molar-refractivity contribution in [3.8, 4) is 0 Å². The lowest BCUT2D eigenvalue weighted by Gasteiger charge is -2.01. The third-order valence-corrected chi connectivity index (χ3v) is 2.54. The minimum absolute atomic E-state index is 0.157. The summed E-state index contributed by atoms with van der Waals surface area (Å²) in [7, 11) is 0. The van der Waals surface area contributed by atoms with Crippen LogP contribution >= 0.6 is 0 Å².